The Labute approximate surface area is 198 Å². The van der Waals surface area contributed by atoms with E-state index >= 15 is 0 Å². The van der Waals surface area contributed by atoms with E-state index in [0.717, 1.165) is 24.7 Å². The minimum absolute atomic E-state index is 0.0698. The van der Waals surface area contributed by atoms with Gasteiger partial charge in [0.1, 0.15) is 11.5 Å². The van der Waals surface area contributed by atoms with E-state index in [1.807, 2.05) is 0 Å². The summed E-state index contributed by atoms with van der Waals surface area (Å²) in [5.41, 5.74) is -3.79. The van der Waals surface area contributed by atoms with Crippen molar-refractivity contribution in [3.63, 3.8) is 0 Å². The van der Waals surface area contributed by atoms with Gasteiger partial charge < -0.3 is 20.4 Å². The van der Waals surface area contributed by atoms with Gasteiger partial charge >= 0.3 is 0 Å². The maximum atomic E-state index is 13.4. The van der Waals surface area contributed by atoms with Crippen LogP contribution < -0.4 is 32.2 Å². The number of hydrogen-bond donors (Lipinski definition) is 4. The fraction of sp³-hybridized carbons (Fsp3) is 0. The average molecular weight is 480 g/mol. The fourth-order valence-electron chi connectivity index (χ4n) is 4.37. The van der Waals surface area contributed by atoms with Gasteiger partial charge in [-0.25, -0.2) is 0 Å². The predicted octanol–water partition coefficient (Wildman–Crippen LogP) is 0.0297. The van der Waals surface area contributed by atoms with Gasteiger partial charge in [-0.1, -0.05) is 48.5 Å². The van der Waals surface area contributed by atoms with Crippen molar-refractivity contribution in [2.75, 3.05) is 0 Å². The molecule has 8 heteroatoms. The molecule has 0 amide bonds. The summed E-state index contributed by atoms with van der Waals surface area (Å²) >= 11 is 0. The van der Waals surface area contributed by atoms with Crippen LogP contribution in [0.3, 0.4) is 0 Å². The van der Waals surface area contributed by atoms with Gasteiger partial charge in [0.15, 0.2) is 10.9 Å². The van der Waals surface area contributed by atoms with Gasteiger partial charge in [-0.15, -0.1) is 0 Å². The van der Waals surface area contributed by atoms with E-state index in [4.69, 9.17) is 10.2 Å². The Bertz CT molecular complexity index is 2170. The number of aromatic hydroxyl groups is 2. The summed E-state index contributed by atoms with van der Waals surface area (Å²) in [7, 11) is 0. The van der Waals surface area contributed by atoms with Crippen molar-refractivity contribution in [1.82, 2.24) is 0 Å². The topological polar surface area (TPSA) is 149 Å². The van der Waals surface area contributed by atoms with Gasteiger partial charge in [-0.3, -0.25) is 19.2 Å². The lowest BCUT2D eigenvalue weighted by atomic mass is 10.0. The Kier molecular flexibility index (Phi) is 5.14. The third-order valence-corrected chi connectivity index (χ3v) is 6.17. The third-order valence-electron chi connectivity index (χ3n) is 6.17. The van der Waals surface area contributed by atoms with E-state index in [0.29, 0.717) is 20.9 Å². The molecule has 3 aliphatic carbocycles. The molecule has 0 aliphatic heterocycles. The SMILES string of the molecule is O=c1c(=c2ccc(=CO)cc2)cc(O)c2c(=O)c3c(=O)c(=c4ccc(=CO)cc4)cc(O)c=3c(=O)c1=2. The van der Waals surface area contributed by atoms with Crippen LogP contribution in [-0.4, -0.2) is 20.4 Å². The Morgan fingerprint density at radius 2 is 0.806 bits per heavy atom. The first-order chi connectivity index (χ1) is 17.3. The van der Waals surface area contributed by atoms with Crippen molar-refractivity contribution in [2.24, 2.45) is 0 Å². The van der Waals surface area contributed by atoms with Crippen molar-refractivity contribution in [3.05, 3.63) is 154 Å². The number of benzene rings is 2. The molecular formula is C28H16O8. The number of aliphatic hydroxyl groups excluding tert-OH is 2. The van der Waals surface area contributed by atoms with Gasteiger partial charge in [-0.2, -0.15) is 0 Å². The molecule has 0 fully saturated rings. The second-order valence-electron chi connectivity index (χ2n) is 8.21. The van der Waals surface area contributed by atoms with E-state index in [-0.39, 0.29) is 10.4 Å². The van der Waals surface area contributed by atoms with E-state index in [9.17, 15) is 29.4 Å². The molecule has 2 aromatic rings. The molecule has 0 heterocycles. The highest BCUT2D eigenvalue weighted by atomic mass is 16.3. The smallest absolute Gasteiger partial charge is 0.202 e. The molecule has 176 valence electrons. The van der Waals surface area contributed by atoms with Crippen molar-refractivity contribution in [2.45, 2.75) is 0 Å². The van der Waals surface area contributed by atoms with Crippen molar-refractivity contribution in [1.29, 1.82) is 0 Å². The normalized spacial score (nSPS) is 11.1. The highest BCUT2D eigenvalue weighted by Crippen LogP contribution is 2.12. The van der Waals surface area contributed by atoms with Gasteiger partial charge in [-0.05, 0) is 22.6 Å². The van der Waals surface area contributed by atoms with E-state index in [1.54, 1.807) is 0 Å². The lowest BCUT2D eigenvalue weighted by Gasteiger charge is -2.01. The summed E-state index contributed by atoms with van der Waals surface area (Å²) < 4.78 is 0. The molecule has 0 saturated carbocycles. The van der Waals surface area contributed by atoms with Crippen LogP contribution in [0.2, 0.25) is 0 Å². The zero-order valence-electron chi connectivity index (χ0n) is 18.4. The average Bonchev–Trinajstić information content (AvgIpc) is 2.89. The van der Waals surface area contributed by atoms with Crippen molar-refractivity contribution in [3.8, 4) is 11.5 Å². The summed E-state index contributed by atoms with van der Waals surface area (Å²) in [6.45, 7) is 0. The molecule has 8 nitrogen and oxygen atoms in total. The summed E-state index contributed by atoms with van der Waals surface area (Å²) in [6, 6.07) is 14.1. The summed E-state index contributed by atoms with van der Waals surface area (Å²) in [5.74, 6) is -1.32. The predicted molar refractivity (Wildman–Crippen MR) is 129 cm³/mol. The molecule has 0 spiro atoms. The second-order valence-corrected chi connectivity index (χ2v) is 8.21. The van der Waals surface area contributed by atoms with Gasteiger partial charge in [0.2, 0.25) is 10.9 Å². The molecule has 0 radical (unpaired) electrons. The van der Waals surface area contributed by atoms with Gasteiger partial charge in [0.05, 0.1) is 33.4 Å². The minimum Gasteiger partial charge on any atom is -0.515 e. The third kappa shape index (κ3) is 3.24. The number of aliphatic hydroxyl groups is 2. The molecule has 36 heavy (non-hydrogen) atoms. The van der Waals surface area contributed by atoms with Crippen molar-refractivity contribution >= 4 is 12.5 Å². The maximum absolute atomic E-state index is 13.4. The van der Waals surface area contributed by atoms with Crippen LogP contribution in [0.15, 0.2) is 79.8 Å². The van der Waals surface area contributed by atoms with Crippen LogP contribution in [0.1, 0.15) is 0 Å². The molecule has 0 saturated heterocycles. The zero-order valence-corrected chi connectivity index (χ0v) is 18.4. The molecule has 0 atom stereocenters. The summed E-state index contributed by atoms with van der Waals surface area (Å²) in [5, 5.41) is 38.6. The second kappa shape index (κ2) is 8.21. The van der Waals surface area contributed by atoms with E-state index in [2.05, 4.69) is 0 Å². The largest absolute Gasteiger partial charge is 0.515 e. The van der Waals surface area contributed by atoms with E-state index in [1.165, 1.54) is 48.5 Å². The number of rotatable bonds is 0. The Morgan fingerprint density at radius 3 is 1.11 bits per heavy atom. The molecule has 0 aromatic heterocycles. The molecule has 2 aromatic carbocycles. The molecule has 3 aliphatic rings. The first-order valence-corrected chi connectivity index (χ1v) is 10.7. The molecule has 4 N–H and O–H groups in total. The minimum atomic E-state index is -1.05. The quantitative estimate of drug-likeness (QED) is 0.243. The molecule has 5 rings (SSSR count). The number of hydrogen-bond acceptors (Lipinski definition) is 8. The Morgan fingerprint density at radius 1 is 0.472 bits per heavy atom. The van der Waals surface area contributed by atoms with Crippen LogP contribution in [0, 0.1) is 41.7 Å². The van der Waals surface area contributed by atoms with Gasteiger partial charge in [0, 0.05) is 20.9 Å². The zero-order chi connectivity index (χ0) is 25.7. The monoisotopic (exact) mass is 480 g/mol. The molecule has 0 bridgehead atoms. The summed E-state index contributed by atoms with van der Waals surface area (Å²) in [4.78, 5) is 53.4. The maximum Gasteiger partial charge on any atom is 0.202 e. The van der Waals surface area contributed by atoms with Crippen molar-refractivity contribution < 1.29 is 20.4 Å². The Hall–Kier alpha value is -5.24. The fourth-order valence-corrected chi connectivity index (χ4v) is 4.37. The van der Waals surface area contributed by atoms with Gasteiger partial charge in [0.25, 0.3) is 0 Å². The van der Waals surface area contributed by atoms with Crippen LogP contribution in [0.5, 0.6) is 11.5 Å². The van der Waals surface area contributed by atoms with Crippen LogP contribution >= 0.6 is 0 Å². The standard InChI is InChI=1S/C28H16O8/c29-11-13-1-5-15(6-2-13)17-9-19(31)21-23(25(17)33)27(35)22-20(32)10-18(26(34)24(22)28(21)36)16-7-3-14(12-30)4-8-16/h1-12,29-32H. The van der Waals surface area contributed by atoms with Crippen LogP contribution in [0.25, 0.3) is 12.5 Å². The molecular weight excluding hydrogens is 464 g/mol. The van der Waals surface area contributed by atoms with E-state index < -0.39 is 54.1 Å². The first-order valence-electron chi connectivity index (χ1n) is 10.7. The molecule has 0 unspecified atom stereocenters. The lowest BCUT2D eigenvalue weighted by molar-refractivity contribution is 0.466. The Balaban J connectivity index is 2.11. The highest BCUT2D eigenvalue weighted by molar-refractivity contribution is 5.38. The first kappa shape index (κ1) is 22.5. The lowest BCUT2D eigenvalue weighted by Crippen LogP contribution is -2.28. The van der Waals surface area contributed by atoms with Crippen LogP contribution in [-0.2, 0) is 0 Å². The summed E-state index contributed by atoms with van der Waals surface area (Å²) in [6.07, 6.45) is 1.73. The van der Waals surface area contributed by atoms with Crippen LogP contribution in [0.4, 0.5) is 0 Å². The highest BCUT2D eigenvalue weighted by Gasteiger charge is 2.17.